The summed E-state index contributed by atoms with van der Waals surface area (Å²) in [5.74, 6) is 0.647. The van der Waals surface area contributed by atoms with Gasteiger partial charge in [-0.3, -0.25) is 0 Å². The van der Waals surface area contributed by atoms with Gasteiger partial charge in [0.25, 0.3) is 0 Å². The molecule has 0 amide bonds. The van der Waals surface area contributed by atoms with Crippen molar-refractivity contribution in [2.45, 2.75) is 19.3 Å². The summed E-state index contributed by atoms with van der Waals surface area (Å²) >= 11 is 0. The average Bonchev–Trinajstić information content (AvgIpc) is 2.79. The first-order chi connectivity index (χ1) is 8.27. The normalized spacial score (nSPS) is 25.3. The van der Waals surface area contributed by atoms with Crippen LogP contribution >= 0.6 is 0 Å². The maximum atomic E-state index is 14.1. The van der Waals surface area contributed by atoms with E-state index in [2.05, 4.69) is 12.2 Å². The van der Waals surface area contributed by atoms with E-state index in [4.69, 9.17) is 4.42 Å². The Labute approximate surface area is 99.8 Å². The molecule has 2 aromatic rings. The highest BCUT2D eigenvalue weighted by Gasteiger charge is 2.27. The minimum atomic E-state index is -0.0994. The van der Waals surface area contributed by atoms with Crippen LogP contribution in [0.4, 0.5) is 4.39 Å². The van der Waals surface area contributed by atoms with Crippen LogP contribution in [0.2, 0.25) is 0 Å². The third kappa shape index (κ3) is 1.75. The van der Waals surface area contributed by atoms with Gasteiger partial charge in [-0.05, 0) is 49.5 Å². The molecule has 1 N–H and O–H groups in total. The van der Waals surface area contributed by atoms with Gasteiger partial charge >= 0.3 is 0 Å². The van der Waals surface area contributed by atoms with Crippen LogP contribution in [-0.2, 0) is 0 Å². The van der Waals surface area contributed by atoms with Crippen molar-refractivity contribution >= 4 is 11.0 Å². The molecule has 0 spiro atoms. The highest BCUT2D eigenvalue weighted by atomic mass is 19.1. The van der Waals surface area contributed by atoms with Gasteiger partial charge in [0, 0.05) is 10.9 Å². The largest absolute Gasteiger partial charge is 0.464 e. The van der Waals surface area contributed by atoms with E-state index in [9.17, 15) is 4.39 Å². The SMILES string of the molecule is C[C@@H]1CNCC[C@@H]1c1c(F)ccc2occc12. The fraction of sp³-hybridized carbons (Fsp3) is 0.429. The van der Waals surface area contributed by atoms with Gasteiger partial charge in [0.05, 0.1) is 6.26 Å². The summed E-state index contributed by atoms with van der Waals surface area (Å²) < 4.78 is 19.5. The maximum absolute atomic E-state index is 14.1. The predicted molar refractivity (Wildman–Crippen MR) is 65.6 cm³/mol. The van der Waals surface area contributed by atoms with Crippen LogP contribution < -0.4 is 5.32 Å². The molecular weight excluding hydrogens is 217 g/mol. The molecule has 1 aliphatic rings. The second-order valence-corrected chi connectivity index (χ2v) is 4.87. The first-order valence-electron chi connectivity index (χ1n) is 6.13. The summed E-state index contributed by atoms with van der Waals surface area (Å²) in [5, 5.41) is 4.28. The lowest BCUT2D eigenvalue weighted by molar-refractivity contribution is 0.343. The number of hydrogen-bond donors (Lipinski definition) is 1. The van der Waals surface area contributed by atoms with Crippen molar-refractivity contribution in [3.63, 3.8) is 0 Å². The van der Waals surface area contributed by atoms with Crippen molar-refractivity contribution in [3.8, 4) is 0 Å². The molecule has 0 radical (unpaired) electrons. The molecule has 1 aliphatic heterocycles. The molecule has 0 bridgehead atoms. The van der Waals surface area contributed by atoms with Gasteiger partial charge in [0.15, 0.2) is 0 Å². The molecule has 1 aromatic carbocycles. The Balaban J connectivity index is 2.14. The van der Waals surface area contributed by atoms with Gasteiger partial charge < -0.3 is 9.73 Å². The number of piperidine rings is 1. The smallest absolute Gasteiger partial charge is 0.134 e. The number of rotatable bonds is 1. The lowest BCUT2D eigenvalue weighted by Gasteiger charge is -2.30. The summed E-state index contributed by atoms with van der Waals surface area (Å²) in [4.78, 5) is 0. The number of benzene rings is 1. The van der Waals surface area contributed by atoms with E-state index in [1.165, 1.54) is 6.07 Å². The Morgan fingerprint density at radius 1 is 1.35 bits per heavy atom. The Morgan fingerprint density at radius 3 is 3.06 bits per heavy atom. The fourth-order valence-electron chi connectivity index (χ4n) is 2.86. The van der Waals surface area contributed by atoms with Gasteiger partial charge in [-0.15, -0.1) is 0 Å². The van der Waals surface area contributed by atoms with Crippen molar-refractivity contribution in [3.05, 3.63) is 35.8 Å². The van der Waals surface area contributed by atoms with Gasteiger partial charge in [0.2, 0.25) is 0 Å². The molecule has 90 valence electrons. The highest BCUT2D eigenvalue weighted by molar-refractivity contribution is 5.81. The van der Waals surface area contributed by atoms with E-state index in [1.807, 2.05) is 6.07 Å². The van der Waals surface area contributed by atoms with Crippen LogP contribution in [0, 0.1) is 11.7 Å². The van der Waals surface area contributed by atoms with E-state index in [0.29, 0.717) is 5.92 Å². The third-order valence-corrected chi connectivity index (χ3v) is 3.78. The molecule has 3 heteroatoms. The van der Waals surface area contributed by atoms with Crippen LogP contribution in [0.15, 0.2) is 28.9 Å². The molecule has 3 rings (SSSR count). The van der Waals surface area contributed by atoms with E-state index in [1.54, 1.807) is 12.3 Å². The number of halogens is 1. The fourth-order valence-corrected chi connectivity index (χ4v) is 2.86. The number of furan rings is 1. The predicted octanol–water partition coefficient (Wildman–Crippen LogP) is 3.28. The van der Waals surface area contributed by atoms with Crippen LogP contribution in [0.5, 0.6) is 0 Å². The van der Waals surface area contributed by atoms with Crippen molar-refractivity contribution in [1.29, 1.82) is 0 Å². The van der Waals surface area contributed by atoms with E-state index < -0.39 is 0 Å². The molecule has 2 heterocycles. The Hall–Kier alpha value is -1.35. The third-order valence-electron chi connectivity index (χ3n) is 3.78. The van der Waals surface area contributed by atoms with Gasteiger partial charge in [-0.25, -0.2) is 4.39 Å². The van der Waals surface area contributed by atoms with Gasteiger partial charge in [0.1, 0.15) is 11.4 Å². The monoisotopic (exact) mass is 233 g/mol. The van der Waals surface area contributed by atoms with E-state index in [-0.39, 0.29) is 11.7 Å². The lowest BCUT2D eigenvalue weighted by atomic mass is 9.81. The van der Waals surface area contributed by atoms with Gasteiger partial charge in [-0.2, -0.15) is 0 Å². The zero-order valence-electron chi connectivity index (χ0n) is 9.87. The molecular formula is C14H16FNO. The second-order valence-electron chi connectivity index (χ2n) is 4.87. The van der Waals surface area contributed by atoms with Crippen molar-refractivity contribution in [1.82, 2.24) is 5.32 Å². The minimum absolute atomic E-state index is 0.0994. The number of hydrogen-bond acceptors (Lipinski definition) is 2. The van der Waals surface area contributed by atoms with Crippen molar-refractivity contribution in [2.24, 2.45) is 5.92 Å². The Morgan fingerprint density at radius 2 is 2.24 bits per heavy atom. The van der Waals surface area contributed by atoms with E-state index >= 15 is 0 Å². The summed E-state index contributed by atoms with van der Waals surface area (Å²) in [6.07, 6.45) is 2.63. The summed E-state index contributed by atoms with van der Waals surface area (Å²) in [5.41, 5.74) is 1.62. The van der Waals surface area contributed by atoms with Crippen LogP contribution in [-0.4, -0.2) is 13.1 Å². The molecule has 0 saturated carbocycles. The first-order valence-corrected chi connectivity index (χ1v) is 6.13. The van der Waals surface area contributed by atoms with Crippen LogP contribution in [0.3, 0.4) is 0 Å². The number of nitrogens with one attached hydrogen (secondary N) is 1. The van der Waals surface area contributed by atoms with Crippen LogP contribution in [0.25, 0.3) is 11.0 Å². The molecule has 17 heavy (non-hydrogen) atoms. The quantitative estimate of drug-likeness (QED) is 0.817. The highest BCUT2D eigenvalue weighted by Crippen LogP contribution is 2.36. The molecule has 0 unspecified atom stereocenters. The molecule has 2 atom stereocenters. The molecule has 1 saturated heterocycles. The molecule has 1 aromatic heterocycles. The minimum Gasteiger partial charge on any atom is -0.464 e. The average molecular weight is 233 g/mol. The summed E-state index contributed by atoms with van der Waals surface area (Å²) in [6, 6.07) is 5.11. The van der Waals surface area contributed by atoms with E-state index in [0.717, 1.165) is 36.0 Å². The van der Waals surface area contributed by atoms with Crippen LogP contribution in [0.1, 0.15) is 24.8 Å². The zero-order valence-corrected chi connectivity index (χ0v) is 9.87. The second kappa shape index (κ2) is 4.15. The van der Waals surface area contributed by atoms with Crippen molar-refractivity contribution < 1.29 is 8.81 Å². The molecule has 2 nitrogen and oxygen atoms in total. The summed E-state index contributed by atoms with van der Waals surface area (Å²) in [7, 11) is 0. The Kier molecular flexibility index (Phi) is 2.63. The van der Waals surface area contributed by atoms with Gasteiger partial charge in [-0.1, -0.05) is 6.92 Å². The zero-order chi connectivity index (χ0) is 11.8. The standard InChI is InChI=1S/C14H16FNO/c1-9-8-16-6-4-10(9)14-11-5-7-17-13(11)3-2-12(14)15/h2-3,5,7,9-10,16H,4,6,8H2,1H3/t9-,10+/m1/s1. The number of fused-ring (bicyclic) bond motifs is 1. The van der Waals surface area contributed by atoms with Crippen molar-refractivity contribution in [2.75, 3.05) is 13.1 Å². The Bertz CT molecular complexity index is 534. The molecule has 1 fully saturated rings. The summed E-state index contributed by atoms with van der Waals surface area (Å²) in [6.45, 7) is 4.09. The maximum Gasteiger partial charge on any atom is 0.134 e. The lowest BCUT2D eigenvalue weighted by Crippen LogP contribution is -2.34. The molecule has 0 aliphatic carbocycles. The topological polar surface area (TPSA) is 25.2 Å². The first kappa shape index (κ1) is 10.8.